The van der Waals surface area contributed by atoms with Crippen LogP contribution in [0.2, 0.25) is 0 Å². The van der Waals surface area contributed by atoms with Crippen molar-refractivity contribution in [1.82, 2.24) is 5.32 Å². The fourth-order valence-electron chi connectivity index (χ4n) is 7.73. The van der Waals surface area contributed by atoms with Gasteiger partial charge in [-0.1, -0.05) is 88.7 Å². The van der Waals surface area contributed by atoms with Crippen LogP contribution in [-0.2, 0) is 16.2 Å². The number of rotatable bonds is 8. The Balaban J connectivity index is 1.18. The molecule has 53 heavy (non-hydrogen) atoms. The molecule has 5 aromatic rings. The highest BCUT2D eigenvalue weighted by atomic mass is 79.9. The molecule has 1 fully saturated rings. The summed E-state index contributed by atoms with van der Waals surface area (Å²) in [5.74, 6) is -0.428. The summed E-state index contributed by atoms with van der Waals surface area (Å²) in [5, 5.41) is 2.43. The summed E-state index contributed by atoms with van der Waals surface area (Å²) >= 11 is 7.04. The summed E-state index contributed by atoms with van der Waals surface area (Å²) in [7, 11) is 1.53. The summed E-state index contributed by atoms with van der Waals surface area (Å²) in [5.41, 5.74) is 7.43. The van der Waals surface area contributed by atoms with Crippen LogP contribution in [0.4, 0.5) is 16.2 Å². The number of anilines is 2. The van der Waals surface area contributed by atoms with Gasteiger partial charge in [0.15, 0.2) is 11.5 Å². The lowest BCUT2D eigenvalue weighted by atomic mass is 9.76. The number of carbonyl (C=O) groups excluding carboxylic acids is 3. The Morgan fingerprint density at radius 3 is 1.98 bits per heavy atom. The van der Waals surface area contributed by atoms with Crippen molar-refractivity contribution >= 4 is 67.2 Å². The number of amides is 4. The van der Waals surface area contributed by atoms with Crippen molar-refractivity contribution in [3.8, 4) is 11.5 Å². The van der Waals surface area contributed by atoms with Gasteiger partial charge in [-0.05, 0) is 105 Å². The van der Waals surface area contributed by atoms with Gasteiger partial charge in [0, 0.05) is 35.1 Å². The molecule has 0 saturated carbocycles. The summed E-state index contributed by atoms with van der Waals surface area (Å²) in [4.78, 5) is 44.9. The summed E-state index contributed by atoms with van der Waals surface area (Å²) in [6.45, 7) is 2.13. The monoisotopic (exact) mass is 831 g/mol. The molecule has 8 nitrogen and oxygen atoms in total. The molecule has 0 unspecified atom stereocenters. The minimum atomic E-state index is -0.782. The molecule has 1 saturated heterocycles. The molecule has 0 bridgehead atoms. The molecule has 2 atom stereocenters. The van der Waals surface area contributed by atoms with Crippen LogP contribution in [0.15, 0.2) is 124 Å². The first-order valence-electron chi connectivity index (χ1n) is 17.5. The van der Waals surface area contributed by atoms with Crippen molar-refractivity contribution in [1.29, 1.82) is 0 Å². The van der Waals surface area contributed by atoms with Crippen LogP contribution in [0.1, 0.15) is 58.1 Å². The highest BCUT2D eigenvalue weighted by Crippen LogP contribution is 2.50. The first kappa shape index (κ1) is 34.9. The minimum absolute atomic E-state index is 0.0737. The van der Waals surface area contributed by atoms with Crippen LogP contribution in [0.3, 0.4) is 0 Å². The molecular formula is C43H35Br2N3O5. The zero-order chi connectivity index (χ0) is 36.6. The van der Waals surface area contributed by atoms with E-state index >= 15 is 0 Å². The molecule has 0 aromatic heterocycles. The smallest absolute Gasteiger partial charge is 0.335 e. The third kappa shape index (κ3) is 6.77. The second-order valence-electron chi connectivity index (χ2n) is 13.4. The molecule has 3 aliphatic heterocycles. The summed E-state index contributed by atoms with van der Waals surface area (Å²) in [6.07, 6.45) is 3.28. The van der Waals surface area contributed by atoms with E-state index in [2.05, 4.69) is 66.3 Å². The molecule has 8 rings (SSSR count). The largest absolute Gasteiger partial charge is 0.493 e. The molecule has 266 valence electrons. The number of ether oxygens (including phenoxy) is 2. The van der Waals surface area contributed by atoms with E-state index in [1.807, 2.05) is 72.8 Å². The zero-order valence-corrected chi connectivity index (χ0v) is 32.0. The van der Waals surface area contributed by atoms with Gasteiger partial charge in [-0.2, -0.15) is 0 Å². The van der Waals surface area contributed by atoms with Crippen LogP contribution >= 0.6 is 31.9 Å². The lowest BCUT2D eigenvalue weighted by Crippen LogP contribution is -2.54. The van der Waals surface area contributed by atoms with Crippen molar-refractivity contribution in [2.24, 2.45) is 0 Å². The number of barbiturate groups is 1. The maximum absolute atomic E-state index is 14.4. The molecule has 0 spiro atoms. The Labute approximate surface area is 324 Å². The number of hydrogen-bond acceptors (Lipinski definition) is 6. The number of urea groups is 1. The van der Waals surface area contributed by atoms with E-state index in [4.69, 9.17) is 9.47 Å². The maximum atomic E-state index is 14.4. The van der Waals surface area contributed by atoms with Crippen molar-refractivity contribution in [3.05, 3.63) is 157 Å². The van der Waals surface area contributed by atoms with Gasteiger partial charge in [0.25, 0.3) is 11.8 Å². The number of hydrogen-bond donors (Lipinski definition) is 1. The molecule has 5 aromatic carbocycles. The number of carbonyl (C=O) groups is 3. The van der Waals surface area contributed by atoms with Crippen molar-refractivity contribution < 1.29 is 23.9 Å². The lowest BCUT2D eigenvalue weighted by molar-refractivity contribution is -0.122. The second-order valence-corrected chi connectivity index (χ2v) is 15.1. The number of halogens is 2. The normalized spacial score (nSPS) is 18.8. The van der Waals surface area contributed by atoms with Crippen molar-refractivity contribution in [2.75, 3.05) is 30.0 Å². The van der Waals surface area contributed by atoms with Gasteiger partial charge >= 0.3 is 6.03 Å². The summed E-state index contributed by atoms with van der Waals surface area (Å²) in [6, 6.07) is 35.2. The van der Waals surface area contributed by atoms with E-state index in [0.29, 0.717) is 33.8 Å². The topological polar surface area (TPSA) is 88.2 Å². The Bertz CT molecular complexity index is 2190. The Morgan fingerprint density at radius 2 is 1.40 bits per heavy atom. The average Bonchev–Trinajstić information content (AvgIpc) is 3.17. The van der Waals surface area contributed by atoms with E-state index in [0.717, 1.165) is 52.0 Å². The Morgan fingerprint density at radius 1 is 0.792 bits per heavy atom. The number of methoxy groups -OCH3 is 1. The fourth-order valence-corrected chi connectivity index (χ4v) is 8.57. The van der Waals surface area contributed by atoms with E-state index in [1.165, 1.54) is 30.0 Å². The van der Waals surface area contributed by atoms with Crippen LogP contribution in [0.25, 0.3) is 6.08 Å². The summed E-state index contributed by atoms with van der Waals surface area (Å²) < 4.78 is 13.3. The third-order valence-electron chi connectivity index (χ3n) is 10.2. The first-order chi connectivity index (χ1) is 25.8. The highest BCUT2D eigenvalue weighted by molar-refractivity contribution is 9.10. The van der Waals surface area contributed by atoms with Gasteiger partial charge in [0.1, 0.15) is 12.2 Å². The Kier molecular flexibility index (Phi) is 9.66. The molecule has 10 heteroatoms. The molecule has 0 aliphatic carbocycles. The number of nitrogens with zero attached hydrogens (tertiary/aromatic N) is 2. The number of nitrogens with one attached hydrogen (secondary N) is 1. The number of benzene rings is 5. The van der Waals surface area contributed by atoms with Gasteiger partial charge < -0.3 is 14.4 Å². The van der Waals surface area contributed by atoms with Crippen LogP contribution in [0.5, 0.6) is 11.5 Å². The average molecular weight is 834 g/mol. The van der Waals surface area contributed by atoms with Gasteiger partial charge in [0.2, 0.25) is 0 Å². The number of imide groups is 2. The predicted octanol–water partition coefficient (Wildman–Crippen LogP) is 9.34. The lowest BCUT2D eigenvalue weighted by Gasteiger charge is -2.44. The zero-order valence-electron chi connectivity index (χ0n) is 28.9. The van der Waals surface area contributed by atoms with Crippen LogP contribution < -0.4 is 24.6 Å². The molecule has 0 radical (unpaired) electrons. The van der Waals surface area contributed by atoms with Gasteiger partial charge in [-0.25, -0.2) is 9.69 Å². The van der Waals surface area contributed by atoms with Crippen LogP contribution in [-0.4, -0.2) is 38.0 Å². The second kappa shape index (κ2) is 14.7. The maximum Gasteiger partial charge on any atom is 0.335 e. The van der Waals surface area contributed by atoms with E-state index in [9.17, 15) is 14.4 Å². The molecular weight excluding hydrogens is 798 g/mol. The minimum Gasteiger partial charge on any atom is -0.493 e. The van der Waals surface area contributed by atoms with Gasteiger partial charge in [-0.3, -0.25) is 14.9 Å². The molecule has 3 aliphatic rings. The van der Waals surface area contributed by atoms with Gasteiger partial charge in [0.05, 0.1) is 17.3 Å². The first-order valence-corrected chi connectivity index (χ1v) is 19.1. The van der Waals surface area contributed by atoms with E-state index in [-0.39, 0.29) is 17.4 Å². The van der Waals surface area contributed by atoms with Crippen molar-refractivity contribution in [2.45, 2.75) is 31.3 Å². The fraction of sp³-hybridized carbons (Fsp3) is 0.186. The Hall–Kier alpha value is -5.19. The SMILES string of the molecule is COc1cc(/C=C2\C(=O)NC(=O)N(c3cc4c5c(c3)[C@H](c3ccccc3)CCN5CC[C@@H]4c3ccccc3)C2=O)cc(Br)c1OCc1ccc(Br)cc1. The molecule has 4 amide bonds. The van der Waals surface area contributed by atoms with Crippen LogP contribution in [0, 0.1) is 0 Å². The van der Waals surface area contributed by atoms with Gasteiger partial charge in [-0.15, -0.1) is 0 Å². The van der Waals surface area contributed by atoms with E-state index < -0.39 is 17.8 Å². The third-order valence-corrected chi connectivity index (χ3v) is 11.3. The highest BCUT2D eigenvalue weighted by Gasteiger charge is 2.40. The standard InChI is InChI=1S/C43H35Br2N3O5/c1-52-38-22-27(21-37(45)40(38)53-25-26-12-14-30(44)15-13-26)20-36-41(49)46-43(51)48(42(36)50)31-23-34-32(28-8-4-2-5-9-28)16-18-47-19-17-33(35(24-31)39(34)47)29-10-6-3-7-11-29/h2-15,20-24,32-33H,16-19,25H2,1H3,(H,46,49,51)/b36-20+/t32-,33+. The quantitative estimate of drug-likeness (QED) is 0.124. The molecule has 3 heterocycles. The predicted molar refractivity (Wildman–Crippen MR) is 213 cm³/mol. The van der Waals surface area contributed by atoms with Crippen molar-refractivity contribution in [3.63, 3.8) is 0 Å². The molecule has 1 N–H and O–H groups in total. The van der Waals surface area contributed by atoms with E-state index in [1.54, 1.807) is 12.1 Å².